The first-order valence-electron chi connectivity index (χ1n) is 10.7. The smallest absolute Gasteiger partial charge is 0.439 e. The zero-order valence-electron chi connectivity index (χ0n) is 19.2. The van der Waals surface area contributed by atoms with Gasteiger partial charge in [0.15, 0.2) is 0 Å². The number of carbonyl (C=O) groups excluding carboxylic acids is 1. The molecule has 1 aliphatic rings. The quantitative estimate of drug-likeness (QED) is 0.507. The van der Waals surface area contributed by atoms with Crippen LogP contribution < -0.4 is 10.2 Å². The van der Waals surface area contributed by atoms with Crippen molar-refractivity contribution in [3.05, 3.63) is 47.2 Å². The maximum absolute atomic E-state index is 13.9. The average molecular weight is 535 g/mol. The highest BCUT2D eigenvalue weighted by Gasteiger charge is 2.37. The second-order valence-corrected chi connectivity index (χ2v) is 10.6. The number of benzene rings is 1. The van der Waals surface area contributed by atoms with Crippen LogP contribution in [-0.4, -0.2) is 51.6 Å². The van der Waals surface area contributed by atoms with Gasteiger partial charge in [0.05, 0.1) is 15.3 Å². The summed E-state index contributed by atoms with van der Waals surface area (Å²) in [5.74, 6) is -4.22. The predicted octanol–water partition coefficient (Wildman–Crippen LogP) is 5.42. The molecule has 36 heavy (non-hydrogen) atoms. The first kappa shape index (κ1) is 27.3. The number of halogens is 5. The first-order chi connectivity index (χ1) is 16.6. The third-order valence-electron chi connectivity index (χ3n) is 5.51. The molecular weight excluding hydrogens is 511 g/mol. The predicted molar refractivity (Wildman–Crippen MR) is 122 cm³/mol. The minimum absolute atomic E-state index is 0.0000562. The number of hydrogen-bond donors (Lipinski definition) is 2. The molecule has 196 valence electrons. The van der Waals surface area contributed by atoms with Crippen molar-refractivity contribution in [3.8, 4) is 0 Å². The second kappa shape index (κ2) is 9.99. The number of amides is 2. The van der Waals surface area contributed by atoms with Crippen molar-refractivity contribution < 1.29 is 40.9 Å². The summed E-state index contributed by atoms with van der Waals surface area (Å²) in [5.41, 5.74) is -1.49. The van der Waals surface area contributed by atoms with E-state index in [0.717, 1.165) is 6.26 Å². The van der Waals surface area contributed by atoms with Crippen molar-refractivity contribution in [3.63, 3.8) is 0 Å². The summed E-state index contributed by atoms with van der Waals surface area (Å²) in [6.07, 6.45) is -6.42. The van der Waals surface area contributed by atoms with Gasteiger partial charge in [-0.1, -0.05) is 6.07 Å². The Hall–Kier alpha value is -3.29. The topological polar surface area (TPSA) is 112 Å². The lowest BCUT2D eigenvalue weighted by atomic mass is 10.1. The van der Waals surface area contributed by atoms with Crippen LogP contribution in [0.4, 0.5) is 38.3 Å². The van der Waals surface area contributed by atoms with Crippen LogP contribution in [0.2, 0.25) is 0 Å². The zero-order chi connectivity index (χ0) is 26.9. The van der Waals surface area contributed by atoms with Gasteiger partial charge in [-0.3, -0.25) is 4.79 Å². The van der Waals surface area contributed by atoms with E-state index < -0.39 is 52.4 Å². The maximum atomic E-state index is 13.9. The van der Waals surface area contributed by atoms with Gasteiger partial charge in [0.2, 0.25) is 5.92 Å². The molecule has 2 aromatic rings. The van der Waals surface area contributed by atoms with E-state index in [2.05, 4.69) is 14.7 Å². The molecule has 1 atom stereocenters. The van der Waals surface area contributed by atoms with Crippen molar-refractivity contribution in [1.82, 2.24) is 4.98 Å². The number of nitrogens with one attached hydrogen (secondary N) is 1. The molecule has 8 nitrogen and oxygen atoms in total. The van der Waals surface area contributed by atoms with Crippen LogP contribution in [0.25, 0.3) is 0 Å². The van der Waals surface area contributed by atoms with Gasteiger partial charge in [0.1, 0.15) is 11.5 Å². The molecule has 0 spiro atoms. The van der Waals surface area contributed by atoms with E-state index in [-0.39, 0.29) is 47.0 Å². The van der Waals surface area contributed by atoms with Crippen molar-refractivity contribution in [1.29, 1.82) is 0 Å². The number of pyridine rings is 1. The van der Waals surface area contributed by atoms with Crippen molar-refractivity contribution in [2.24, 2.45) is 4.36 Å². The van der Waals surface area contributed by atoms with Crippen molar-refractivity contribution >= 4 is 33.2 Å². The molecule has 1 fully saturated rings. The second-order valence-electron chi connectivity index (χ2n) is 8.38. The number of rotatable bonds is 4. The molecule has 0 bridgehead atoms. The van der Waals surface area contributed by atoms with Crippen LogP contribution in [0.1, 0.15) is 40.9 Å². The molecule has 1 saturated heterocycles. The molecule has 2 N–H and O–H groups in total. The minimum atomic E-state index is -4.83. The lowest BCUT2D eigenvalue weighted by Gasteiger charge is -2.26. The normalized spacial score (nSPS) is 17.6. The van der Waals surface area contributed by atoms with E-state index in [1.54, 1.807) is 0 Å². The Balaban J connectivity index is 2.04. The number of hydrogen-bond acceptors (Lipinski definition) is 5. The molecule has 2 heterocycles. The monoisotopic (exact) mass is 534 g/mol. The van der Waals surface area contributed by atoms with E-state index in [9.17, 15) is 35.8 Å². The molecule has 1 aromatic carbocycles. The third kappa shape index (κ3) is 6.47. The molecular formula is C22H23F5N4O4S. The highest BCUT2D eigenvalue weighted by Crippen LogP contribution is 2.35. The molecule has 0 aliphatic carbocycles. The van der Waals surface area contributed by atoms with E-state index in [4.69, 9.17) is 5.11 Å². The van der Waals surface area contributed by atoms with Gasteiger partial charge in [0, 0.05) is 42.8 Å². The van der Waals surface area contributed by atoms with Crippen LogP contribution in [0, 0.1) is 6.92 Å². The molecule has 0 radical (unpaired) electrons. The van der Waals surface area contributed by atoms with Crippen LogP contribution in [0.3, 0.4) is 0 Å². The zero-order valence-corrected chi connectivity index (χ0v) is 20.1. The van der Waals surface area contributed by atoms with Gasteiger partial charge in [-0.25, -0.2) is 22.8 Å². The standard InChI is InChI=1S/C22H23F5N4O4S/c1-13-11-16(22(25,26)27)29-18(31-9-4-7-21(23,24)8-10-31)17(13)19(32)28-14-5-3-6-15(12-14)36(2,35)30-20(33)34/h3,5-6,11-12H,4,7-10H2,1-2H3,(H,28,32)(H,33,34). The summed E-state index contributed by atoms with van der Waals surface area (Å²) in [4.78, 5) is 29.0. The molecule has 14 heteroatoms. The van der Waals surface area contributed by atoms with Gasteiger partial charge >= 0.3 is 12.3 Å². The fourth-order valence-corrected chi connectivity index (χ4v) is 4.87. The van der Waals surface area contributed by atoms with E-state index in [0.29, 0.717) is 6.07 Å². The molecule has 1 aliphatic heterocycles. The summed E-state index contributed by atoms with van der Waals surface area (Å²) in [5, 5.41) is 11.3. The summed E-state index contributed by atoms with van der Waals surface area (Å²) >= 11 is 0. The Morgan fingerprint density at radius 3 is 2.53 bits per heavy atom. The number of alkyl halides is 5. The van der Waals surface area contributed by atoms with Gasteiger partial charge in [-0.2, -0.15) is 13.2 Å². The Morgan fingerprint density at radius 2 is 1.89 bits per heavy atom. The lowest BCUT2D eigenvalue weighted by molar-refractivity contribution is -0.141. The van der Waals surface area contributed by atoms with Crippen LogP contribution in [0.5, 0.6) is 0 Å². The molecule has 3 rings (SSSR count). The highest BCUT2D eigenvalue weighted by molar-refractivity contribution is 7.93. The third-order valence-corrected chi connectivity index (χ3v) is 7.15. The maximum Gasteiger partial charge on any atom is 0.439 e. The Kier molecular flexibility index (Phi) is 7.58. The summed E-state index contributed by atoms with van der Waals surface area (Å²) in [6, 6.07) is 6.06. The van der Waals surface area contributed by atoms with Gasteiger partial charge in [0.25, 0.3) is 5.91 Å². The minimum Gasteiger partial charge on any atom is -0.463 e. The van der Waals surface area contributed by atoms with Crippen molar-refractivity contribution in [2.75, 3.05) is 29.6 Å². The van der Waals surface area contributed by atoms with Gasteiger partial charge < -0.3 is 15.3 Å². The lowest BCUT2D eigenvalue weighted by Crippen LogP contribution is -2.31. The highest BCUT2D eigenvalue weighted by atomic mass is 32.2. The number of carboxylic acid groups (broad SMARTS) is 1. The average Bonchev–Trinajstić information content (AvgIpc) is 2.92. The van der Waals surface area contributed by atoms with Crippen molar-refractivity contribution in [2.45, 2.75) is 43.2 Å². The van der Waals surface area contributed by atoms with E-state index >= 15 is 0 Å². The molecule has 1 aromatic heterocycles. The van der Waals surface area contributed by atoms with Crippen LogP contribution >= 0.6 is 0 Å². The number of anilines is 2. The Labute approximate surface area is 203 Å². The number of carbonyl (C=O) groups is 2. The summed E-state index contributed by atoms with van der Waals surface area (Å²) < 4.78 is 83.9. The fraction of sp³-hybridized carbons (Fsp3) is 0.409. The number of aryl methyl sites for hydroxylation is 1. The van der Waals surface area contributed by atoms with Gasteiger partial charge in [-0.15, -0.1) is 4.36 Å². The van der Waals surface area contributed by atoms with Crippen LogP contribution in [-0.2, 0) is 15.9 Å². The summed E-state index contributed by atoms with van der Waals surface area (Å²) in [6.45, 7) is 0.960. The molecule has 1 unspecified atom stereocenters. The Morgan fingerprint density at radius 1 is 1.19 bits per heavy atom. The Bertz CT molecular complexity index is 1310. The van der Waals surface area contributed by atoms with Gasteiger partial charge in [-0.05, 0) is 43.2 Å². The largest absolute Gasteiger partial charge is 0.463 e. The van der Waals surface area contributed by atoms with E-state index in [1.807, 2.05) is 0 Å². The van der Waals surface area contributed by atoms with E-state index in [1.165, 1.54) is 36.1 Å². The summed E-state index contributed by atoms with van der Waals surface area (Å²) in [7, 11) is -3.35. The van der Waals surface area contributed by atoms with Crippen LogP contribution in [0.15, 0.2) is 39.6 Å². The first-order valence-corrected chi connectivity index (χ1v) is 12.6. The molecule has 0 saturated carbocycles. The molecule has 2 amide bonds. The fourth-order valence-electron chi connectivity index (χ4n) is 3.79. The SMILES string of the molecule is Cc1cc(C(F)(F)F)nc(N2CCCC(F)(F)CC2)c1C(=O)Nc1cccc(S(C)(=O)=NC(=O)O)c1. The number of aromatic nitrogens is 1. The number of nitrogens with zero attached hydrogens (tertiary/aromatic N) is 3.